The first-order valence-corrected chi connectivity index (χ1v) is 9.02. The SMILES string of the molecule is Cc1cccc(-c2n[nH]c(=S)n2CC(=O)Nc2nnc(C(C)C)s2)c1. The number of nitrogens with one attached hydrogen (secondary N) is 2. The van der Waals surface area contributed by atoms with Gasteiger partial charge in [0.1, 0.15) is 11.6 Å². The molecule has 3 rings (SSSR count). The molecule has 0 atom stereocenters. The third-order valence-electron chi connectivity index (χ3n) is 3.52. The van der Waals surface area contributed by atoms with E-state index in [4.69, 9.17) is 12.2 Å². The van der Waals surface area contributed by atoms with Gasteiger partial charge in [-0.3, -0.25) is 19.8 Å². The summed E-state index contributed by atoms with van der Waals surface area (Å²) in [5, 5.41) is 19.2. The molecule has 3 aromatic rings. The molecule has 9 heteroatoms. The van der Waals surface area contributed by atoms with E-state index < -0.39 is 0 Å². The Morgan fingerprint density at radius 2 is 2.20 bits per heavy atom. The van der Waals surface area contributed by atoms with E-state index >= 15 is 0 Å². The topological polar surface area (TPSA) is 88.5 Å². The third-order valence-corrected chi connectivity index (χ3v) is 4.97. The second kappa shape index (κ2) is 7.24. The lowest BCUT2D eigenvalue weighted by Crippen LogP contribution is -2.19. The quantitative estimate of drug-likeness (QED) is 0.667. The molecule has 2 aromatic heterocycles. The second-order valence-corrected chi connectivity index (χ2v) is 7.35. The van der Waals surface area contributed by atoms with E-state index in [-0.39, 0.29) is 18.4 Å². The zero-order valence-corrected chi connectivity index (χ0v) is 15.7. The fraction of sp³-hybridized carbons (Fsp3) is 0.312. The molecule has 0 bridgehead atoms. The number of carbonyl (C=O) groups excluding carboxylic acids is 1. The van der Waals surface area contributed by atoms with Gasteiger partial charge in [-0.2, -0.15) is 5.10 Å². The van der Waals surface area contributed by atoms with Crippen LogP contribution in [0.4, 0.5) is 5.13 Å². The van der Waals surface area contributed by atoms with Gasteiger partial charge in [-0.15, -0.1) is 10.2 Å². The van der Waals surface area contributed by atoms with Crippen LogP contribution in [0, 0.1) is 11.7 Å². The van der Waals surface area contributed by atoms with Crippen molar-refractivity contribution in [1.29, 1.82) is 0 Å². The fourth-order valence-corrected chi connectivity index (χ4v) is 3.25. The van der Waals surface area contributed by atoms with Gasteiger partial charge in [0, 0.05) is 11.5 Å². The molecule has 0 saturated heterocycles. The van der Waals surface area contributed by atoms with Crippen LogP contribution in [0.5, 0.6) is 0 Å². The van der Waals surface area contributed by atoms with Crippen LogP contribution < -0.4 is 5.32 Å². The first kappa shape index (κ1) is 17.4. The lowest BCUT2D eigenvalue weighted by atomic mass is 10.1. The molecule has 0 saturated carbocycles. The maximum Gasteiger partial charge on any atom is 0.246 e. The lowest BCUT2D eigenvalue weighted by Gasteiger charge is -2.07. The van der Waals surface area contributed by atoms with Gasteiger partial charge in [-0.05, 0) is 25.2 Å². The summed E-state index contributed by atoms with van der Waals surface area (Å²) in [6, 6.07) is 7.89. The number of H-pyrrole nitrogens is 1. The first-order valence-electron chi connectivity index (χ1n) is 7.79. The van der Waals surface area contributed by atoms with E-state index in [1.807, 2.05) is 45.0 Å². The number of aryl methyl sites for hydroxylation is 1. The van der Waals surface area contributed by atoms with Crippen molar-refractivity contribution < 1.29 is 4.79 Å². The van der Waals surface area contributed by atoms with Crippen molar-refractivity contribution in [1.82, 2.24) is 25.0 Å². The minimum atomic E-state index is -0.224. The predicted molar refractivity (Wildman–Crippen MR) is 100 cm³/mol. The van der Waals surface area contributed by atoms with Crippen LogP contribution in [0.2, 0.25) is 0 Å². The van der Waals surface area contributed by atoms with Crippen molar-refractivity contribution in [2.75, 3.05) is 5.32 Å². The minimum absolute atomic E-state index is 0.0508. The Morgan fingerprint density at radius 1 is 1.40 bits per heavy atom. The summed E-state index contributed by atoms with van der Waals surface area (Å²) < 4.78 is 2.07. The summed E-state index contributed by atoms with van der Waals surface area (Å²) in [5.41, 5.74) is 2.01. The molecule has 0 spiro atoms. The van der Waals surface area contributed by atoms with Crippen LogP contribution in [0.1, 0.15) is 30.3 Å². The van der Waals surface area contributed by atoms with Gasteiger partial charge >= 0.3 is 0 Å². The molecule has 0 aliphatic rings. The van der Waals surface area contributed by atoms with Crippen LogP contribution in [0.3, 0.4) is 0 Å². The number of aromatic amines is 1. The molecule has 0 unspecified atom stereocenters. The molecule has 130 valence electrons. The Balaban J connectivity index is 1.79. The highest BCUT2D eigenvalue weighted by Crippen LogP contribution is 2.23. The third kappa shape index (κ3) is 3.99. The van der Waals surface area contributed by atoms with Gasteiger partial charge in [0.05, 0.1) is 0 Å². The fourth-order valence-electron chi connectivity index (χ4n) is 2.29. The van der Waals surface area contributed by atoms with E-state index in [1.165, 1.54) is 11.3 Å². The van der Waals surface area contributed by atoms with Crippen LogP contribution in [0.15, 0.2) is 24.3 Å². The summed E-state index contributed by atoms with van der Waals surface area (Å²) in [6.07, 6.45) is 0. The summed E-state index contributed by atoms with van der Waals surface area (Å²) in [4.78, 5) is 12.4. The summed E-state index contributed by atoms with van der Waals surface area (Å²) in [7, 11) is 0. The molecule has 1 aromatic carbocycles. The molecule has 7 nitrogen and oxygen atoms in total. The van der Waals surface area contributed by atoms with Crippen LogP contribution in [0.25, 0.3) is 11.4 Å². The second-order valence-electron chi connectivity index (χ2n) is 5.96. The van der Waals surface area contributed by atoms with Crippen molar-refractivity contribution in [2.45, 2.75) is 33.2 Å². The maximum atomic E-state index is 12.4. The highest BCUT2D eigenvalue weighted by atomic mass is 32.1. The van der Waals surface area contributed by atoms with Gasteiger partial charge in [0.15, 0.2) is 10.6 Å². The normalized spacial score (nSPS) is 11.0. The highest BCUT2D eigenvalue weighted by Gasteiger charge is 2.15. The number of aromatic nitrogens is 5. The average Bonchev–Trinajstić information content (AvgIpc) is 3.15. The molecule has 0 fully saturated rings. The number of benzene rings is 1. The molecule has 0 radical (unpaired) electrons. The molecule has 0 aliphatic heterocycles. The van der Waals surface area contributed by atoms with Crippen LogP contribution in [-0.2, 0) is 11.3 Å². The van der Waals surface area contributed by atoms with E-state index in [0.29, 0.717) is 15.7 Å². The summed E-state index contributed by atoms with van der Waals surface area (Å²) in [5.74, 6) is 0.681. The number of nitrogens with zero attached hydrogens (tertiary/aromatic N) is 4. The monoisotopic (exact) mass is 374 g/mol. The smallest absolute Gasteiger partial charge is 0.246 e. The number of hydrogen-bond acceptors (Lipinski definition) is 6. The van der Waals surface area contributed by atoms with E-state index in [9.17, 15) is 4.79 Å². The van der Waals surface area contributed by atoms with E-state index in [1.54, 1.807) is 4.57 Å². The first-order chi connectivity index (χ1) is 11.9. The number of anilines is 1. The zero-order chi connectivity index (χ0) is 18.0. The maximum absolute atomic E-state index is 12.4. The Kier molecular flexibility index (Phi) is 5.05. The highest BCUT2D eigenvalue weighted by molar-refractivity contribution is 7.71. The molecule has 2 N–H and O–H groups in total. The van der Waals surface area contributed by atoms with Gasteiger partial charge < -0.3 is 0 Å². The van der Waals surface area contributed by atoms with E-state index in [2.05, 4.69) is 25.7 Å². The summed E-state index contributed by atoms with van der Waals surface area (Å²) >= 11 is 6.64. The van der Waals surface area contributed by atoms with Crippen molar-refractivity contribution >= 4 is 34.6 Å². The number of amides is 1. The van der Waals surface area contributed by atoms with E-state index in [0.717, 1.165) is 16.1 Å². The summed E-state index contributed by atoms with van der Waals surface area (Å²) in [6.45, 7) is 6.12. The molecular formula is C16H18N6OS2. The van der Waals surface area contributed by atoms with Crippen molar-refractivity contribution in [3.8, 4) is 11.4 Å². The molecule has 0 aliphatic carbocycles. The molecule has 1 amide bonds. The molecule has 25 heavy (non-hydrogen) atoms. The number of hydrogen-bond donors (Lipinski definition) is 2. The zero-order valence-electron chi connectivity index (χ0n) is 14.1. The predicted octanol–water partition coefficient (Wildman–Crippen LogP) is 3.53. The molecular weight excluding hydrogens is 356 g/mol. The standard InChI is InChI=1S/C16H18N6OS2/c1-9(2)14-19-20-15(25-14)17-12(23)8-22-13(18-21-16(22)24)11-6-4-5-10(3)7-11/h4-7,9H,8H2,1-3H3,(H,21,24)(H,17,20,23). The Labute approximate surface area is 154 Å². The van der Waals surface area contributed by atoms with Crippen molar-refractivity contribution in [3.63, 3.8) is 0 Å². The lowest BCUT2D eigenvalue weighted by molar-refractivity contribution is -0.116. The largest absolute Gasteiger partial charge is 0.299 e. The van der Waals surface area contributed by atoms with Gasteiger partial charge in [-0.1, -0.05) is 48.9 Å². The average molecular weight is 374 g/mol. The van der Waals surface area contributed by atoms with Crippen molar-refractivity contribution in [3.05, 3.63) is 39.6 Å². The van der Waals surface area contributed by atoms with Gasteiger partial charge in [0.25, 0.3) is 0 Å². The Hall–Kier alpha value is -2.39. The minimum Gasteiger partial charge on any atom is -0.299 e. The van der Waals surface area contributed by atoms with Crippen LogP contribution >= 0.6 is 23.6 Å². The Morgan fingerprint density at radius 3 is 2.88 bits per heavy atom. The number of carbonyl (C=O) groups is 1. The Bertz CT molecular complexity index is 955. The van der Waals surface area contributed by atoms with Crippen LogP contribution in [-0.4, -0.2) is 30.9 Å². The van der Waals surface area contributed by atoms with Gasteiger partial charge in [0.2, 0.25) is 11.0 Å². The van der Waals surface area contributed by atoms with Gasteiger partial charge in [-0.25, -0.2) is 0 Å². The molecule has 2 heterocycles. The number of rotatable bonds is 5. The van der Waals surface area contributed by atoms with Crippen molar-refractivity contribution in [2.24, 2.45) is 0 Å².